The van der Waals surface area contributed by atoms with E-state index in [1.165, 1.54) is 12.1 Å². The average molecular weight is 347 g/mol. The van der Waals surface area contributed by atoms with Gasteiger partial charge < -0.3 is 14.7 Å². The second-order valence-electron chi connectivity index (χ2n) is 6.42. The van der Waals surface area contributed by atoms with Crippen molar-refractivity contribution in [2.75, 3.05) is 13.2 Å². The molecule has 0 radical (unpaired) electrons. The summed E-state index contributed by atoms with van der Waals surface area (Å²) in [6, 6.07) is 5.79. The molecule has 1 aromatic heterocycles. The SMILES string of the molecule is Cc1nn(C)c(C)c1OCC(=O)N1C[C@H](O)C[C@H]1c1cccc(F)c1. The molecule has 1 amide bonds. The molecule has 6 nitrogen and oxygen atoms in total. The third-order valence-electron chi connectivity index (χ3n) is 4.62. The number of aliphatic hydroxyl groups excluding tert-OH is 1. The highest BCUT2D eigenvalue weighted by Crippen LogP contribution is 2.32. The van der Waals surface area contributed by atoms with Crippen molar-refractivity contribution in [1.82, 2.24) is 14.7 Å². The van der Waals surface area contributed by atoms with E-state index >= 15 is 0 Å². The molecule has 2 aromatic rings. The maximum absolute atomic E-state index is 13.5. The number of β-amino-alcohol motifs (C(OH)–C–C–N with tert-alkyl or cyclic N) is 1. The average Bonchev–Trinajstić information content (AvgIpc) is 3.06. The van der Waals surface area contributed by atoms with Crippen LogP contribution in [0, 0.1) is 19.7 Å². The quantitative estimate of drug-likeness (QED) is 0.917. The fourth-order valence-electron chi connectivity index (χ4n) is 3.30. The van der Waals surface area contributed by atoms with Crippen LogP contribution in [0.4, 0.5) is 4.39 Å². The number of carbonyl (C=O) groups is 1. The summed E-state index contributed by atoms with van der Waals surface area (Å²) in [5.41, 5.74) is 2.24. The lowest BCUT2D eigenvalue weighted by atomic mass is 10.0. The predicted molar refractivity (Wildman–Crippen MR) is 89.7 cm³/mol. The molecule has 2 heterocycles. The van der Waals surface area contributed by atoms with E-state index in [0.717, 1.165) is 11.4 Å². The van der Waals surface area contributed by atoms with Crippen molar-refractivity contribution in [1.29, 1.82) is 0 Å². The van der Waals surface area contributed by atoms with Crippen molar-refractivity contribution in [2.45, 2.75) is 32.4 Å². The summed E-state index contributed by atoms with van der Waals surface area (Å²) < 4.78 is 20.9. The van der Waals surface area contributed by atoms with E-state index in [9.17, 15) is 14.3 Å². The number of amides is 1. The first kappa shape index (κ1) is 17.4. The molecule has 0 saturated carbocycles. The van der Waals surface area contributed by atoms with Gasteiger partial charge in [0.05, 0.1) is 17.8 Å². The molecule has 1 fully saturated rings. The number of aliphatic hydroxyl groups is 1. The van der Waals surface area contributed by atoms with E-state index in [-0.39, 0.29) is 30.9 Å². The van der Waals surface area contributed by atoms with E-state index < -0.39 is 6.10 Å². The summed E-state index contributed by atoms with van der Waals surface area (Å²) in [6.07, 6.45) is -0.237. The lowest BCUT2D eigenvalue weighted by Gasteiger charge is -2.25. The van der Waals surface area contributed by atoms with Crippen LogP contribution in [0.3, 0.4) is 0 Å². The maximum atomic E-state index is 13.5. The topological polar surface area (TPSA) is 67.6 Å². The molecule has 0 aliphatic carbocycles. The highest BCUT2D eigenvalue weighted by molar-refractivity contribution is 5.78. The minimum Gasteiger partial charge on any atom is -0.480 e. The Morgan fingerprint density at radius 2 is 2.20 bits per heavy atom. The van der Waals surface area contributed by atoms with Crippen molar-refractivity contribution < 1.29 is 19.0 Å². The van der Waals surface area contributed by atoms with Gasteiger partial charge in [-0.25, -0.2) is 4.39 Å². The van der Waals surface area contributed by atoms with Gasteiger partial charge in [-0.05, 0) is 38.0 Å². The fraction of sp³-hybridized carbons (Fsp3) is 0.444. The van der Waals surface area contributed by atoms with E-state index in [1.807, 2.05) is 20.9 Å². The van der Waals surface area contributed by atoms with Gasteiger partial charge in [0.1, 0.15) is 11.5 Å². The largest absolute Gasteiger partial charge is 0.480 e. The van der Waals surface area contributed by atoms with Crippen LogP contribution in [0.2, 0.25) is 0 Å². The summed E-state index contributed by atoms with van der Waals surface area (Å²) in [6.45, 7) is 3.76. The molecule has 7 heteroatoms. The monoisotopic (exact) mass is 347 g/mol. The van der Waals surface area contributed by atoms with E-state index in [0.29, 0.717) is 17.7 Å². The third-order valence-corrected chi connectivity index (χ3v) is 4.62. The molecule has 1 aliphatic rings. The van der Waals surface area contributed by atoms with Crippen LogP contribution < -0.4 is 4.74 Å². The van der Waals surface area contributed by atoms with Crippen LogP contribution in [0.15, 0.2) is 24.3 Å². The number of ether oxygens (including phenoxy) is 1. The van der Waals surface area contributed by atoms with E-state index in [1.54, 1.807) is 21.7 Å². The molecule has 1 aromatic carbocycles. The number of hydrogen-bond donors (Lipinski definition) is 1. The summed E-state index contributed by atoms with van der Waals surface area (Å²) in [4.78, 5) is 14.2. The Hall–Kier alpha value is -2.41. The molecule has 1 aliphatic heterocycles. The highest BCUT2D eigenvalue weighted by atomic mass is 19.1. The van der Waals surface area contributed by atoms with Crippen LogP contribution in [-0.2, 0) is 11.8 Å². The van der Waals surface area contributed by atoms with Crippen LogP contribution in [0.1, 0.15) is 29.4 Å². The Morgan fingerprint density at radius 1 is 1.44 bits per heavy atom. The number of aryl methyl sites for hydroxylation is 2. The van der Waals surface area contributed by atoms with Gasteiger partial charge in [-0.15, -0.1) is 0 Å². The molecule has 3 rings (SSSR count). The van der Waals surface area contributed by atoms with Crippen LogP contribution in [-0.4, -0.2) is 44.9 Å². The molecular weight excluding hydrogens is 325 g/mol. The van der Waals surface area contributed by atoms with E-state index in [2.05, 4.69) is 5.10 Å². The van der Waals surface area contributed by atoms with Gasteiger partial charge in [-0.3, -0.25) is 9.48 Å². The van der Waals surface area contributed by atoms with Gasteiger partial charge in [-0.1, -0.05) is 12.1 Å². The van der Waals surface area contributed by atoms with Crippen molar-refractivity contribution in [3.8, 4) is 5.75 Å². The normalized spacial score (nSPS) is 20.1. The number of aromatic nitrogens is 2. The van der Waals surface area contributed by atoms with Crippen LogP contribution in [0.25, 0.3) is 0 Å². The molecule has 25 heavy (non-hydrogen) atoms. The summed E-state index contributed by atoms with van der Waals surface area (Å²) in [5.74, 6) is -0.00415. The van der Waals surface area contributed by atoms with Gasteiger partial charge in [0, 0.05) is 13.6 Å². The van der Waals surface area contributed by atoms with Crippen molar-refractivity contribution in [3.05, 3.63) is 47.0 Å². The van der Waals surface area contributed by atoms with Crippen LogP contribution >= 0.6 is 0 Å². The van der Waals surface area contributed by atoms with Crippen molar-refractivity contribution >= 4 is 5.91 Å². The summed E-state index contributed by atoms with van der Waals surface area (Å²) in [5, 5.41) is 14.2. The minimum absolute atomic E-state index is 0.147. The van der Waals surface area contributed by atoms with Crippen LogP contribution in [0.5, 0.6) is 5.75 Å². The van der Waals surface area contributed by atoms with Gasteiger partial charge >= 0.3 is 0 Å². The second-order valence-corrected chi connectivity index (χ2v) is 6.42. The first-order valence-corrected chi connectivity index (χ1v) is 8.22. The zero-order valence-electron chi connectivity index (χ0n) is 14.6. The third kappa shape index (κ3) is 3.51. The number of nitrogens with zero attached hydrogens (tertiary/aromatic N) is 3. The molecule has 1 N–H and O–H groups in total. The Bertz CT molecular complexity index is 790. The molecule has 0 spiro atoms. The number of halogens is 1. The zero-order chi connectivity index (χ0) is 18.1. The number of likely N-dealkylation sites (tertiary alicyclic amines) is 1. The Balaban J connectivity index is 1.73. The van der Waals surface area contributed by atoms with Gasteiger partial charge in [-0.2, -0.15) is 5.10 Å². The first-order chi connectivity index (χ1) is 11.9. The second kappa shape index (κ2) is 6.84. The lowest BCUT2D eigenvalue weighted by Crippen LogP contribution is -2.35. The predicted octanol–water partition coefficient (Wildman–Crippen LogP) is 1.89. The number of hydrogen-bond acceptors (Lipinski definition) is 4. The molecule has 0 unspecified atom stereocenters. The zero-order valence-corrected chi connectivity index (χ0v) is 14.6. The standard InChI is InChI=1S/C18H22FN3O3/c1-11-18(12(2)21(3)20-11)25-10-17(24)22-9-15(23)8-16(22)13-5-4-6-14(19)7-13/h4-7,15-16,23H,8-10H2,1-3H3/t15-,16+/m1/s1. The first-order valence-electron chi connectivity index (χ1n) is 8.22. The molecule has 2 atom stereocenters. The Labute approximate surface area is 145 Å². The summed E-state index contributed by atoms with van der Waals surface area (Å²) >= 11 is 0. The van der Waals surface area contributed by atoms with Crippen molar-refractivity contribution in [2.24, 2.45) is 7.05 Å². The molecule has 1 saturated heterocycles. The highest BCUT2D eigenvalue weighted by Gasteiger charge is 2.35. The number of carbonyl (C=O) groups excluding carboxylic acids is 1. The summed E-state index contributed by atoms with van der Waals surface area (Å²) in [7, 11) is 1.81. The van der Waals surface area contributed by atoms with Gasteiger partial charge in [0.25, 0.3) is 5.91 Å². The molecular formula is C18H22FN3O3. The Kier molecular flexibility index (Phi) is 4.76. The van der Waals surface area contributed by atoms with Gasteiger partial charge in [0.2, 0.25) is 0 Å². The minimum atomic E-state index is -0.626. The van der Waals surface area contributed by atoms with Gasteiger partial charge in [0.15, 0.2) is 12.4 Å². The van der Waals surface area contributed by atoms with Crippen molar-refractivity contribution in [3.63, 3.8) is 0 Å². The van der Waals surface area contributed by atoms with E-state index in [4.69, 9.17) is 4.74 Å². The molecule has 0 bridgehead atoms. The Morgan fingerprint density at radius 3 is 2.84 bits per heavy atom. The smallest absolute Gasteiger partial charge is 0.261 e. The maximum Gasteiger partial charge on any atom is 0.261 e. The molecule has 134 valence electrons. The fourth-order valence-corrected chi connectivity index (χ4v) is 3.30. The number of rotatable bonds is 4. The number of benzene rings is 1. The lowest BCUT2D eigenvalue weighted by molar-refractivity contribution is -0.134.